The van der Waals surface area contributed by atoms with E-state index in [9.17, 15) is 9.59 Å². The number of benzene rings is 1. The van der Waals surface area contributed by atoms with Crippen LogP contribution < -0.4 is 10.2 Å². The maximum Gasteiger partial charge on any atom is 0.255 e. The van der Waals surface area contributed by atoms with Crippen LogP contribution in [0.1, 0.15) is 29.8 Å². The molecule has 0 radical (unpaired) electrons. The van der Waals surface area contributed by atoms with Gasteiger partial charge in [0.25, 0.3) is 5.91 Å². The standard InChI is InChI=1S/C22H28N4O2S/c1-17(2)24-21(27)16-29-20-6-4-3-5-19(20)22(28)26-13-11-25(12-14-26)15-18-7-9-23-10-8-18/h3-10,17H,11-16H2,1-2H3,(H,24,27)/p+1. The van der Waals surface area contributed by atoms with Gasteiger partial charge >= 0.3 is 0 Å². The Balaban J connectivity index is 1.56. The average molecular weight is 414 g/mol. The number of aromatic nitrogens is 1. The summed E-state index contributed by atoms with van der Waals surface area (Å²) < 4.78 is 0. The maximum atomic E-state index is 13.1. The maximum absolute atomic E-state index is 13.1. The lowest BCUT2D eigenvalue weighted by Gasteiger charge is -2.32. The largest absolute Gasteiger partial charge is 0.353 e. The van der Waals surface area contributed by atoms with Crippen LogP contribution in [0.4, 0.5) is 0 Å². The first kappa shape index (κ1) is 21.3. The molecule has 1 fully saturated rings. The van der Waals surface area contributed by atoms with Gasteiger partial charge in [0, 0.05) is 28.9 Å². The van der Waals surface area contributed by atoms with Gasteiger partial charge in [-0.15, -0.1) is 11.8 Å². The van der Waals surface area contributed by atoms with E-state index in [2.05, 4.69) is 10.3 Å². The van der Waals surface area contributed by atoms with E-state index >= 15 is 0 Å². The third kappa shape index (κ3) is 6.30. The zero-order valence-corrected chi connectivity index (χ0v) is 17.9. The number of piperazine rings is 1. The van der Waals surface area contributed by atoms with Gasteiger partial charge in [0.15, 0.2) is 0 Å². The monoisotopic (exact) mass is 413 g/mol. The van der Waals surface area contributed by atoms with E-state index < -0.39 is 0 Å². The first-order valence-electron chi connectivity index (χ1n) is 10.1. The molecule has 0 atom stereocenters. The van der Waals surface area contributed by atoms with Crippen LogP contribution in [0.3, 0.4) is 0 Å². The highest BCUT2D eigenvalue weighted by Gasteiger charge is 2.26. The Kier molecular flexibility index (Phi) is 7.66. The van der Waals surface area contributed by atoms with Gasteiger partial charge in [0.2, 0.25) is 5.91 Å². The van der Waals surface area contributed by atoms with Crippen molar-refractivity contribution in [3.8, 4) is 0 Å². The molecule has 154 valence electrons. The number of thioether (sulfide) groups is 1. The molecule has 2 N–H and O–H groups in total. The average Bonchev–Trinajstić information content (AvgIpc) is 2.73. The summed E-state index contributed by atoms with van der Waals surface area (Å²) in [6.07, 6.45) is 3.65. The highest BCUT2D eigenvalue weighted by molar-refractivity contribution is 8.00. The molecule has 0 unspecified atom stereocenters. The Hall–Kier alpha value is -2.38. The van der Waals surface area contributed by atoms with E-state index in [1.807, 2.05) is 67.5 Å². The van der Waals surface area contributed by atoms with Crippen LogP contribution in [0.25, 0.3) is 0 Å². The van der Waals surface area contributed by atoms with Gasteiger partial charge in [-0.25, -0.2) is 0 Å². The zero-order valence-electron chi connectivity index (χ0n) is 17.1. The van der Waals surface area contributed by atoms with Gasteiger partial charge in [-0.1, -0.05) is 12.1 Å². The molecule has 2 heterocycles. The summed E-state index contributed by atoms with van der Waals surface area (Å²) in [5.41, 5.74) is 1.96. The summed E-state index contributed by atoms with van der Waals surface area (Å²) in [5, 5.41) is 2.89. The summed E-state index contributed by atoms with van der Waals surface area (Å²) in [4.78, 5) is 33.4. The van der Waals surface area contributed by atoms with E-state index in [0.29, 0.717) is 11.3 Å². The molecule has 1 aliphatic heterocycles. The second-order valence-corrected chi connectivity index (χ2v) is 8.60. The fraction of sp³-hybridized carbons (Fsp3) is 0.409. The van der Waals surface area contributed by atoms with E-state index in [1.165, 1.54) is 22.2 Å². The number of carbonyl (C=O) groups excluding carboxylic acids is 2. The van der Waals surface area contributed by atoms with Gasteiger partial charge in [-0.05, 0) is 38.1 Å². The molecule has 1 aromatic heterocycles. The van der Waals surface area contributed by atoms with Crippen LogP contribution in [0.2, 0.25) is 0 Å². The van der Waals surface area contributed by atoms with Crippen molar-refractivity contribution in [2.24, 2.45) is 0 Å². The highest BCUT2D eigenvalue weighted by Crippen LogP contribution is 2.24. The van der Waals surface area contributed by atoms with Crippen LogP contribution in [-0.4, -0.2) is 59.7 Å². The molecule has 2 amide bonds. The molecule has 0 saturated carbocycles. The summed E-state index contributed by atoms with van der Waals surface area (Å²) in [7, 11) is 0. The summed E-state index contributed by atoms with van der Waals surface area (Å²) in [5.74, 6) is 0.354. The smallest absolute Gasteiger partial charge is 0.255 e. The number of quaternary nitrogens is 1. The molecule has 0 aliphatic carbocycles. The number of hydrogen-bond donors (Lipinski definition) is 2. The summed E-state index contributed by atoms with van der Waals surface area (Å²) in [6.45, 7) is 8.19. The molecule has 2 aromatic rings. The molecule has 1 aliphatic rings. The zero-order chi connectivity index (χ0) is 20.6. The van der Waals surface area contributed by atoms with E-state index in [0.717, 1.165) is 37.6 Å². The van der Waals surface area contributed by atoms with E-state index in [1.54, 1.807) is 0 Å². The van der Waals surface area contributed by atoms with Crippen LogP contribution in [0, 0.1) is 0 Å². The fourth-order valence-electron chi connectivity index (χ4n) is 3.44. The number of pyridine rings is 1. The number of nitrogens with one attached hydrogen (secondary N) is 2. The van der Waals surface area contributed by atoms with Crippen molar-refractivity contribution >= 4 is 23.6 Å². The Morgan fingerprint density at radius 3 is 2.52 bits per heavy atom. The minimum absolute atomic E-state index is 0.0134. The predicted molar refractivity (Wildman–Crippen MR) is 115 cm³/mol. The van der Waals surface area contributed by atoms with Gasteiger partial charge in [-0.2, -0.15) is 0 Å². The van der Waals surface area contributed by atoms with Crippen LogP contribution in [0.5, 0.6) is 0 Å². The lowest BCUT2D eigenvalue weighted by Crippen LogP contribution is -3.13. The van der Waals surface area contributed by atoms with Crippen molar-refractivity contribution in [1.82, 2.24) is 15.2 Å². The molecule has 0 spiro atoms. The van der Waals surface area contributed by atoms with Crippen molar-refractivity contribution in [2.75, 3.05) is 31.9 Å². The molecule has 7 heteroatoms. The minimum atomic E-state index is -0.0134. The van der Waals surface area contributed by atoms with E-state index in [-0.39, 0.29) is 17.9 Å². The molecule has 0 bridgehead atoms. The number of rotatable bonds is 7. The summed E-state index contributed by atoms with van der Waals surface area (Å²) >= 11 is 1.42. The van der Waals surface area contributed by atoms with Gasteiger partial charge in [0.05, 0.1) is 37.5 Å². The Bertz CT molecular complexity index is 821. The Morgan fingerprint density at radius 1 is 1.14 bits per heavy atom. The lowest BCUT2D eigenvalue weighted by molar-refractivity contribution is -0.917. The third-order valence-electron chi connectivity index (χ3n) is 4.89. The Labute approximate surface area is 176 Å². The van der Waals surface area contributed by atoms with Crippen LogP contribution in [-0.2, 0) is 11.3 Å². The van der Waals surface area contributed by atoms with Crippen LogP contribution in [0.15, 0.2) is 53.7 Å². The first-order chi connectivity index (χ1) is 14.0. The lowest BCUT2D eigenvalue weighted by atomic mass is 10.1. The van der Waals surface area contributed by atoms with Gasteiger partial charge < -0.3 is 15.1 Å². The van der Waals surface area contributed by atoms with Crippen molar-refractivity contribution in [2.45, 2.75) is 31.3 Å². The van der Waals surface area contributed by atoms with Gasteiger partial charge in [-0.3, -0.25) is 14.6 Å². The fourth-order valence-corrected chi connectivity index (χ4v) is 4.29. The second kappa shape index (κ2) is 10.4. The number of nitrogens with zero attached hydrogens (tertiary/aromatic N) is 2. The molecule has 29 heavy (non-hydrogen) atoms. The number of carbonyl (C=O) groups is 2. The number of amides is 2. The molecule has 6 nitrogen and oxygen atoms in total. The van der Waals surface area contributed by atoms with Crippen molar-refractivity contribution < 1.29 is 14.5 Å². The minimum Gasteiger partial charge on any atom is -0.353 e. The molecule has 3 rings (SSSR count). The molecular weight excluding hydrogens is 384 g/mol. The predicted octanol–water partition coefficient (Wildman–Crippen LogP) is 1.24. The third-order valence-corrected chi connectivity index (χ3v) is 5.96. The SMILES string of the molecule is CC(C)NC(=O)CSc1ccccc1C(=O)N1CC[NH+](Cc2ccncc2)CC1. The van der Waals surface area contributed by atoms with Crippen molar-refractivity contribution in [3.05, 3.63) is 59.9 Å². The van der Waals surface area contributed by atoms with Gasteiger partial charge in [0.1, 0.15) is 6.54 Å². The van der Waals surface area contributed by atoms with Crippen molar-refractivity contribution in [1.29, 1.82) is 0 Å². The second-order valence-electron chi connectivity index (χ2n) is 7.58. The highest BCUT2D eigenvalue weighted by atomic mass is 32.2. The molecule has 1 aromatic carbocycles. The van der Waals surface area contributed by atoms with E-state index in [4.69, 9.17) is 0 Å². The Morgan fingerprint density at radius 2 is 1.83 bits per heavy atom. The molecule has 1 saturated heterocycles. The normalized spacial score (nSPS) is 14.8. The topological polar surface area (TPSA) is 66.7 Å². The summed E-state index contributed by atoms with van der Waals surface area (Å²) in [6, 6.07) is 11.8. The first-order valence-corrected chi connectivity index (χ1v) is 11.0. The van der Waals surface area contributed by atoms with Crippen LogP contribution >= 0.6 is 11.8 Å². The molecular formula is C22H29N4O2S+. The quantitative estimate of drug-likeness (QED) is 0.671. The van der Waals surface area contributed by atoms with Crippen molar-refractivity contribution in [3.63, 3.8) is 0 Å². The number of hydrogen-bond acceptors (Lipinski definition) is 4.